The molecule has 0 aliphatic carbocycles. The van der Waals surface area contributed by atoms with Gasteiger partial charge >= 0.3 is 0 Å². The fraction of sp³-hybridized carbons (Fsp3) is 0.0800. The van der Waals surface area contributed by atoms with Crippen molar-refractivity contribution < 1.29 is 9.53 Å². The first-order valence-electron chi connectivity index (χ1n) is 10.1. The first-order valence-corrected chi connectivity index (χ1v) is 10.9. The molecule has 8 heteroatoms. The van der Waals surface area contributed by atoms with Crippen molar-refractivity contribution in [3.63, 3.8) is 0 Å². The number of aromatic nitrogens is 2. The fourth-order valence-electron chi connectivity index (χ4n) is 3.15. The summed E-state index contributed by atoms with van der Waals surface area (Å²) in [5.41, 5.74) is 6.98. The third kappa shape index (κ3) is 5.80. The highest BCUT2D eigenvalue weighted by molar-refractivity contribution is 6.35. The van der Waals surface area contributed by atoms with Gasteiger partial charge in [-0.3, -0.25) is 4.79 Å². The molecule has 0 saturated carbocycles. The van der Waals surface area contributed by atoms with Crippen molar-refractivity contribution in [2.24, 2.45) is 5.10 Å². The van der Waals surface area contributed by atoms with E-state index in [0.717, 1.165) is 28.1 Å². The molecular weight excluding hydrogens is 459 g/mol. The molecule has 166 valence electrons. The SMILES string of the molecule is Cc1cccc(-c2nn(-c3ccccc3)cc2/C=N/NC(=O)COc2ccc(Cl)cc2Cl)c1. The van der Waals surface area contributed by atoms with Gasteiger partial charge in [-0.05, 0) is 43.3 Å². The van der Waals surface area contributed by atoms with Crippen LogP contribution >= 0.6 is 23.2 Å². The predicted octanol–water partition coefficient (Wildman–Crippen LogP) is 5.68. The van der Waals surface area contributed by atoms with E-state index in [1.165, 1.54) is 0 Å². The smallest absolute Gasteiger partial charge is 0.277 e. The van der Waals surface area contributed by atoms with E-state index >= 15 is 0 Å². The second kappa shape index (κ2) is 10.3. The average Bonchev–Trinajstić information content (AvgIpc) is 3.23. The molecule has 0 atom stereocenters. The Morgan fingerprint density at radius 2 is 1.91 bits per heavy atom. The topological polar surface area (TPSA) is 68.5 Å². The van der Waals surface area contributed by atoms with Crippen LogP contribution in [0.3, 0.4) is 0 Å². The highest BCUT2D eigenvalue weighted by Crippen LogP contribution is 2.27. The molecule has 1 N–H and O–H groups in total. The summed E-state index contributed by atoms with van der Waals surface area (Å²) in [6, 6.07) is 22.6. The number of carbonyl (C=O) groups excluding carboxylic acids is 1. The maximum Gasteiger partial charge on any atom is 0.277 e. The van der Waals surface area contributed by atoms with Crippen LogP contribution in [0.5, 0.6) is 5.75 Å². The quantitative estimate of drug-likeness (QED) is 0.274. The lowest BCUT2D eigenvalue weighted by Crippen LogP contribution is -2.24. The van der Waals surface area contributed by atoms with Crippen LogP contribution in [0, 0.1) is 6.92 Å². The predicted molar refractivity (Wildman–Crippen MR) is 131 cm³/mol. The normalized spacial score (nSPS) is 11.0. The van der Waals surface area contributed by atoms with Crippen LogP contribution in [0.25, 0.3) is 16.9 Å². The zero-order chi connectivity index (χ0) is 23.2. The second-order valence-corrected chi connectivity index (χ2v) is 8.08. The van der Waals surface area contributed by atoms with E-state index in [0.29, 0.717) is 15.8 Å². The Balaban J connectivity index is 1.50. The Kier molecular flexibility index (Phi) is 7.07. The van der Waals surface area contributed by atoms with E-state index < -0.39 is 5.91 Å². The fourth-order valence-corrected chi connectivity index (χ4v) is 3.62. The molecule has 0 radical (unpaired) electrons. The molecule has 0 aliphatic rings. The van der Waals surface area contributed by atoms with Gasteiger partial charge in [-0.2, -0.15) is 10.2 Å². The number of hydrogen-bond donors (Lipinski definition) is 1. The van der Waals surface area contributed by atoms with Gasteiger partial charge in [-0.25, -0.2) is 10.1 Å². The van der Waals surface area contributed by atoms with E-state index in [1.807, 2.05) is 61.7 Å². The number of benzene rings is 3. The summed E-state index contributed by atoms with van der Waals surface area (Å²) in [5.74, 6) is -0.0594. The lowest BCUT2D eigenvalue weighted by atomic mass is 10.1. The van der Waals surface area contributed by atoms with Gasteiger partial charge in [0.1, 0.15) is 11.4 Å². The minimum absolute atomic E-state index is 0.243. The summed E-state index contributed by atoms with van der Waals surface area (Å²) in [7, 11) is 0. The minimum Gasteiger partial charge on any atom is -0.482 e. The number of nitrogens with one attached hydrogen (secondary N) is 1. The Labute approximate surface area is 201 Å². The van der Waals surface area contributed by atoms with Crippen LogP contribution in [-0.2, 0) is 4.79 Å². The zero-order valence-electron chi connectivity index (χ0n) is 17.7. The molecule has 6 nitrogen and oxygen atoms in total. The number of halogens is 2. The Morgan fingerprint density at radius 1 is 1.09 bits per heavy atom. The molecular formula is C25H20Cl2N4O2. The molecule has 0 unspecified atom stereocenters. The summed E-state index contributed by atoms with van der Waals surface area (Å²) in [6.07, 6.45) is 3.43. The molecule has 4 aromatic rings. The number of aryl methyl sites for hydroxylation is 1. The van der Waals surface area contributed by atoms with E-state index in [9.17, 15) is 4.79 Å². The molecule has 0 spiro atoms. The van der Waals surface area contributed by atoms with Gasteiger partial charge in [0.05, 0.1) is 16.9 Å². The maximum atomic E-state index is 12.2. The van der Waals surface area contributed by atoms with Crippen LogP contribution in [0.4, 0.5) is 0 Å². The second-order valence-electron chi connectivity index (χ2n) is 7.24. The molecule has 1 aromatic heterocycles. The zero-order valence-corrected chi connectivity index (χ0v) is 19.2. The first-order chi connectivity index (χ1) is 16.0. The Bertz CT molecular complexity index is 1300. The molecule has 0 bridgehead atoms. The van der Waals surface area contributed by atoms with Crippen LogP contribution < -0.4 is 10.2 Å². The summed E-state index contributed by atoms with van der Waals surface area (Å²) in [6.45, 7) is 1.78. The lowest BCUT2D eigenvalue weighted by Gasteiger charge is -2.07. The summed E-state index contributed by atoms with van der Waals surface area (Å²) in [4.78, 5) is 12.2. The highest BCUT2D eigenvalue weighted by atomic mass is 35.5. The third-order valence-electron chi connectivity index (χ3n) is 4.70. The number of ether oxygens (including phenoxy) is 1. The van der Waals surface area contributed by atoms with Crippen molar-refractivity contribution in [3.05, 3.63) is 100 Å². The van der Waals surface area contributed by atoms with Crippen LogP contribution in [0.1, 0.15) is 11.1 Å². The molecule has 4 rings (SSSR count). The molecule has 1 amide bonds. The maximum absolute atomic E-state index is 12.2. The summed E-state index contributed by atoms with van der Waals surface area (Å²) >= 11 is 11.9. The number of hydrogen-bond acceptors (Lipinski definition) is 4. The summed E-state index contributed by atoms with van der Waals surface area (Å²) < 4.78 is 7.22. The molecule has 33 heavy (non-hydrogen) atoms. The Hall–Kier alpha value is -3.61. The molecule has 1 heterocycles. The molecule has 0 fully saturated rings. The molecule has 0 saturated heterocycles. The number of nitrogens with zero attached hydrogens (tertiary/aromatic N) is 3. The number of amides is 1. The van der Waals surface area contributed by atoms with E-state index in [4.69, 9.17) is 33.0 Å². The van der Waals surface area contributed by atoms with Gasteiger partial charge in [0, 0.05) is 22.3 Å². The number of hydrazone groups is 1. The molecule has 3 aromatic carbocycles. The number of rotatable bonds is 7. The molecule has 0 aliphatic heterocycles. The van der Waals surface area contributed by atoms with E-state index in [2.05, 4.69) is 16.6 Å². The average molecular weight is 479 g/mol. The van der Waals surface area contributed by atoms with Crippen molar-refractivity contribution in [2.45, 2.75) is 6.92 Å². The summed E-state index contributed by atoms with van der Waals surface area (Å²) in [5, 5.41) is 9.66. The third-order valence-corrected chi connectivity index (χ3v) is 5.23. The monoisotopic (exact) mass is 478 g/mol. The largest absolute Gasteiger partial charge is 0.482 e. The van der Waals surface area contributed by atoms with Gasteiger partial charge in [0.25, 0.3) is 5.91 Å². The lowest BCUT2D eigenvalue weighted by molar-refractivity contribution is -0.123. The van der Waals surface area contributed by atoms with Gasteiger partial charge in [-0.1, -0.05) is 65.2 Å². The number of para-hydroxylation sites is 1. The minimum atomic E-state index is -0.426. The Morgan fingerprint density at radius 3 is 2.67 bits per heavy atom. The van der Waals surface area contributed by atoms with Crippen LogP contribution in [0.2, 0.25) is 10.0 Å². The van der Waals surface area contributed by atoms with Crippen LogP contribution in [0.15, 0.2) is 84.1 Å². The van der Waals surface area contributed by atoms with Gasteiger partial charge in [-0.15, -0.1) is 0 Å². The van der Waals surface area contributed by atoms with Crippen molar-refractivity contribution in [3.8, 4) is 22.7 Å². The van der Waals surface area contributed by atoms with Crippen molar-refractivity contribution in [1.82, 2.24) is 15.2 Å². The van der Waals surface area contributed by atoms with Gasteiger partial charge in [0.15, 0.2) is 6.61 Å². The van der Waals surface area contributed by atoms with Crippen LogP contribution in [-0.4, -0.2) is 28.5 Å². The highest BCUT2D eigenvalue weighted by Gasteiger charge is 2.12. The van der Waals surface area contributed by atoms with Crippen molar-refractivity contribution in [1.29, 1.82) is 0 Å². The number of carbonyl (C=O) groups is 1. The first kappa shape index (κ1) is 22.6. The van der Waals surface area contributed by atoms with E-state index in [1.54, 1.807) is 29.1 Å². The van der Waals surface area contributed by atoms with E-state index in [-0.39, 0.29) is 6.61 Å². The standard InChI is InChI=1S/C25H20Cl2N4O2/c1-17-6-5-7-18(12-17)25-19(15-31(30-25)21-8-3-2-4-9-21)14-28-29-24(32)16-33-23-11-10-20(26)13-22(23)27/h2-15H,16H2,1H3,(H,29,32)/b28-14+. The van der Waals surface area contributed by atoms with Crippen molar-refractivity contribution >= 4 is 35.3 Å². The van der Waals surface area contributed by atoms with Gasteiger partial charge < -0.3 is 4.74 Å². The van der Waals surface area contributed by atoms with Gasteiger partial charge in [0.2, 0.25) is 0 Å². The van der Waals surface area contributed by atoms with Crippen molar-refractivity contribution in [2.75, 3.05) is 6.61 Å².